The normalized spacial score (nSPS) is 26.4. The maximum absolute atomic E-state index is 12.5. The van der Waals surface area contributed by atoms with Gasteiger partial charge in [0.1, 0.15) is 0 Å². The fourth-order valence-electron chi connectivity index (χ4n) is 3.32. The van der Waals surface area contributed by atoms with Gasteiger partial charge in [-0.05, 0) is 38.5 Å². The first kappa shape index (κ1) is 13.2. The van der Waals surface area contributed by atoms with Gasteiger partial charge in [-0.15, -0.1) is 11.6 Å². The molecule has 2 aliphatic rings. The van der Waals surface area contributed by atoms with Crippen LogP contribution in [-0.4, -0.2) is 29.3 Å². The van der Waals surface area contributed by atoms with Gasteiger partial charge in [0.2, 0.25) is 5.91 Å². The van der Waals surface area contributed by atoms with E-state index in [1.54, 1.807) is 0 Å². The number of carbonyl (C=O) groups is 1. The number of amides is 1. The Bertz CT molecular complexity index is 251. The van der Waals surface area contributed by atoms with Crippen LogP contribution in [0.2, 0.25) is 0 Å². The molecular formula is C14H24ClNO. The van der Waals surface area contributed by atoms with Crippen LogP contribution in [0.5, 0.6) is 0 Å². The summed E-state index contributed by atoms with van der Waals surface area (Å²) in [6, 6.07) is 0.489. The van der Waals surface area contributed by atoms with E-state index in [9.17, 15) is 4.79 Å². The minimum absolute atomic E-state index is 0.334. The van der Waals surface area contributed by atoms with Crippen LogP contribution < -0.4 is 0 Å². The lowest BCUT2D eigenvalue weighted by molar-refractivity contribution is -0.137. The van der Waals surface area contributed by atoms with E-state index in [0.29, 0.717) is 17.9 Å². The summed E-state index contributed by atoms with van der Waals surface area (Å²) in [6.45, 7) is 0.988. The zero-order valence-corrected chi connectivity index (χ0v) is 11.4. The fraction of sp³-hybridized carbons (Fsp3) is 0.929. The molecule has 2 fully saturated rings. The van der Waals surface area contributed by atoms with Gasteiger partial charge in [-0.3, -0.25) is 4.79 Å². The number of hydrogen-bond donors (Lipinski definition) is 0. The smallest absolute Gasteiger partial charge is 0.225 e. The highest BCUT2D eigenvalue weighted by Gasteiger charge is 2.32. The summed E-state index contributed by atoms with van der Waals surface area (Å²) in [5.41, 5.74) is 0. The lowest BCUT2D eigenvalue weighted by Gasteiger charge is -2.30. The van der Waals surface area contributed by atoms with Crippen molar-refractivity contribution in [3.05, 3.63) is 0 Å². The van der Waals surface area contributed by atoms with Crippen molar-refractivity contribution in [2.75, 3.05) is 12.4 Å². The van der Waals surface area contributed by atoms with Gasteiger partial charge in [0, 0.05) is 24.4 Å². The van der Waals surface area contributed by atoms with Crippen molar-refractivity contribution in [3.63, 3.8) is 0 Å². The summed E-state index contributed by atoms with van der Waals surface area (Å²) in [7, 11) is 0. The molecule has 0 aromatic rings. The lowest BCUT2D eigenvalue weighted by atomic mass is 9.88. The highest BCUT2D eigenvalue weighted by Crippen LogP contribution is 2.30. The monoisotopic (exact) mass is 257 g/mol. The number of carbonyl (C=O) groups excluding carboxylic acids is 1. The average molecular weight is 258 g/mol. The van der Waals surface area contributed by atoms with E-state index < -0.39 is 0 Å². The Hall–Kier alpha value is -0.240. The van der Waals surface area contributed by atoms with Crippen LogP contribution >= 0.6 is 11.6 Å². The zero-order chi connectivity index (χ0) is 12.1. The highest BCUT2D eigenvalue weighted by atomic mass is 35.5. The van der Waals surface area contributed by atoms with E-state index in [2.05, 4.69) is 4.90 Å². The van der Waals surface area contributed by atoms with Crippen molar-refractivity contribution in [2.45, 2.75) is 63.8 Å². The quantitative estimate of drug-likeness (QED) is 0.705. The molecule has 0 N–H and O–H groups in total. The van der Waals surface area contributed by atoms with Gasteiger partial charge < -0.3 is 4.90 Å². The molecule has 3 heteroatoms. The van der Waals surface area contributed by atoms with Crippen LogP contribution in [0.3, 0.4) is 0 Å². The van der Waals surface area contributed by atoms with Gasteiger partial charge >= 0.3 is 0 Å². The van der Waals surface area contributed by atoms with Gasteiger partial charge in [-0.1, -0.05) is 19.3 Å². The van der Waals surface area contributed by atoms with Crippen LogP contribution in [0.4, 0.5) is 0 Å². The number of hydrogen-bond acceptors (Lipinski definition) is 1. The molecule has 1 atom stereocenters. The van der Waals surface area contributed by atoms with Crippen LogP contribution in [0.15, 0.2) is 0 Å². The van der Waals surface area contributed by atoms with Gasteiger partial charge in [-0.25, -0.2) is 0 Å². The molecular weight excluding hydrogens is 234 g/mol. The van der Waals surface area contributed by atoms with Crippen LogP contribution in [0.25, 0.3) is 0 Å². The summed E-state index contributed by atoms with van der Waals surface area (Å²) >= 11 is 5.75. The van der Waals surface area contributed by atoms with E-state index in [1.165, 1.54) is 32.1 Å². The van der Waals surface area contributed by atoms with Crippen molar-refractivity contribution in [1.29, 1.82) is 0 Å². The Kier molecular flexibility index (Phi) is 5.15. The molecule has 17 heavy (non-hydrogen) atoms. The molecule has 0 aromatic carbocycles. The molecule has 0 aromatic heterocycles. The Morgan fingerprint density at radius 1 is 1.12 bits per heavy atom. The molecule has 1 saturated heterocycles. The Labute approximate surface area is 110 Å². The van der Waals surface area contributed by atoms with Gasteiger partial charge in [-0.2, -0.15) is 0 Å². The summed E-state index contributed by atoms with van der Waals surface area (Å²) < 4.78 is 0. The van der Waals surface area contributed by atoms with Crippen molar-refractivity contribution in [3.8, 4) is 0 Å². The lowest BCUT2D eigenvalue weighted by Crippen LogP contribution is -2.40. The third-order valence-corrected chi connectivity index (χ3v) is 4.55. The number of halogens is 1. The molecule has 98 valence electrons. The topological polar surface area (TPSA) is 20.3 Å². The maximum atomic E-state index is 12.5. The third-order valence-electron chi connectivity index (χ3n) is 4.29. The molecule has 1 saturated carbocycles. The maximum Gasteiger partial charge on any atom is 0.225 e. The third kappa shape index (κ3) is 3.37. The van der Waals surface area contributed by atoms with Gasteiger partial charge in [0.05, 0.1) is 0 Å². The predicted octanol–water partition coefficient (Wildman–Crippen LogP) is 3.58. The molecule has 2 nitrogen and oxygen atoms in total. The van der Waals surface area contributed by atoms with E-state index in [-0.39, 0.29) is 0 Å². The first-order valence-corrected chi connectivity index (χ1v) is 7.73. The Balaban J connectivity index is 1.88. The molecule has 1 unspecified atom stereocenters. The minimum atomic E-state index is 0.334. The van der Waals surface area contributed by atoms with Gasteiger partial charge in [0.15, 0.2) is 0 Å². The largest absolute Gasteiger partial charge is 0.339 e. The van der Waals surface area contributed by atoms with Crippen LogP contribution in [0.1, 0.15) is 57.8 Å². The highest BCUT2D eigenvalue weighted by molar-refractivity contribution is 6.17. The van der Waals surface area contributed by atoms with E-state index in [1.807, 2.05) is 0 Å². The number of nitrogens with zero attached hydrogens (tertiary/aromatic N) is 1. The molecule has 1 heterocycles. The van der Waals surface area contributed by atoms with E-state index in [4.69, 9.17) is 11.6 Å². The number of likely N-dealkylation sites (tertiary alicyclic amines) is 1. The average Bonchev–Trinajstić information content (AvgIpc) is 2.84. The molecule has 0 bridgehead atoms. The fourth-order valence-corrected chi connectivity index (χ4v) is 3.48. The predicted molar refractivity (Wildman–Crippen MR) is 71.3 cm³/mol. The van der Waals surface area contributed by atoms with E-state index >= 15 is 0 Å². The first-order valence-electron chi connectivity index (χ1n) is 7.19. The second-order valence-electron chi connectivity index (χ2n) is 5.49. The minimum Gasteiger partial charge on any atom is -0.339 e. The second kappa shape index (κ2) is 6.63. The Morgan fingerprint density at radius 2 is 1.88 bits per heavy atom. The molecule has 0 spiro atoms. The van der Waals surface area contributed by atoms with E-state index in [0.717, 1.165) is 38.1 Å². The summed E-state index contributed by atoms with van der Waals surface area (Å²) in [5.74, 6) is 1.50. The molecule has 0 radical (unpaired) electrons. The number of rotatable bonds is 4. The summed E-state index contributed by atoms with van der Waals surface area (Å²) in [6.07, 6.45) is 10.6. The standard InChI is InChI=1S/C14H24ClNO/c15-10-4-8-13-9-5-11-16(13)14(17)12-6-2-1-3-7-12/h12-13H,1-11H2. The van der Waals surface area contributed by atoms with Crippen molar-refractivity contribution < 1.29 is 4.79 Å². The molecule has 2 rings (SSSR count). The van der Waals surface area contributed by atoms with Gasteiger partial charge in [0.25, 0.3) is 0 Å². The molecule has 1 aliphatic heterocycles. The van der Waals surface area contributed by atoms with Crippen molar-refractivity contribution >= 4 is 17.5 Å². The molecule has 1 aliphatic carbocycles. The zero-order valence-electron chi connectivity index (χ0n) is 10.7. The summed E-state index contributed by atoms with van der Waals surface area (Å²) in [4.78, 5) is 14.6. The second-order valence-corrected chi connectivity index (χ2v) is 5.87. The van der Waals surface area contributed by atoms with Crippen molar-refractivity contribution in [2.24, 2.45) is 5.92 Å². The SMILES string of the molecule is O=C(C1CCCCC1)N1CCCC1CCCCl. The first-order chi connectivity index (χ1) is 8.33. The Morgan fingerprint density at radius 3 is 2.59 bits per heavy atom. The van der Waals surface area contributed by atoms with Crippen molar-refractivity contribution in [1.82, 2.24) is 4.90 Å². The van der Waals surface area contributed by atoms with Crippen LogP contribution in [-0.2, 0) is 4.79 Å². The summed E-state index contributed by atoms with van der Waals surface area (Å²) in [5, 5.41) is 0. The molecule has 1 amide bonds. The number of alkyl halides is 1. The van der Waals surface area contributed by atoms with Crippen LogP contribution in [0, 0.1) is 5.92 Å².